The molecule has 1 aromatic heterocycles. The number of methoxy groups -OCH3 is 2. The highest BCUT2D eigenvalue weighted by Crippen LogP contribution is 2.27. The number of carbonyl (C=O) groups excluding carboxylic acids is 1. The lowest BCUT2D eigenvalue weighted by Gasteiger charge is -2.05. The minimum absolute atomic E-state index is 0.0690. The van der Waals surface area contributed by atoms with Crippen molar-refractivity contribution in [3.8, 4) is 5.75 Å². The van der Waals surface area contributed by atoms with E-state index in [4.69, 9.17) is 4.74 Å². The first-order chi connectivity index (χ1) is 10.0. The SMILES string of the molecule is COC(=O)c1ncn(Cc2ccc(OC)c([N+](=O)[O-])c2)n1. The van der Waals surface area contributed by atoms with Gasteiger partial charge in [0.1, 0.15) is 6.33 Å². The molecule has 0 atom stereocenters. The molecule has 0 unspecified atom stereocenters. The number of benzene rings is 1. The molecule has 0 radical (unpaired) electrons. The number of nitrogens with zero attached hydrogens (tertiary/aromatic N) is 4. The molecule has 0 spiro atoms. The topological polar surface area (TPSA) is 109 Å². The Morgan fingerprint density at radius 1 is 1.43 bits per heavy atom. The Morgan fingerprint density at radius 3 is 2.81 bits per heavy atom. The minimum atomic E-state index is -0.644. The molecule has 0 aliphatic heterocycles. The summed E-state index contributed by atoms with van der Waals surface area (Å²) in [6, 6.07) is 4.56. The van der Waals surface area contributed by atoms with Crippen LogP contribution in [0.4, 0.5) is 5.69 Å². The van der Waals surface area contributed by atoms with Gasteiger partial charge >= 0.3 is 11.7 Å². The molecule has 0 saturated heterocycles. The smallest absolute Gasteiger partial charge is 0.377 e. The molecule has 21 heavy (non-hydrogen) atoms. The first-order valence-electron chi connectivity index (χ1n) is 5.84. The maximum absolute atomic E-state index is 11.2. The van der Waals surface area contributed by atoms with Crippen LogP contribution in [-0.4, -0.2) is 39.9 Å². The van der Waals surface area contributed by atoms with Gasteiger partial charge in [0.2, 0.25) is 0 Å². The molecule has 0 amide bonds. The van der Waals surface area contributed by atoms with E-state index in [1.807, 2.05) is 0 Å². The fraction of sp³-hybridized carbons (Fsp3) is 0.250. The number of ether oxygens (including phenoxy) is 2. The molecule has 9 nitrogen and oxygen atoms in total. The van der Waals surface area contributed by atoms with Crippen LogP contribution in [0, 0.1) is 10.1 Å². The molecule has 9 heteroatoms. The van der Waals surface area contributed by atoms with Crippen molar-refractivity contribution in [1.82, 2.24) is 14.8 Å². The van der Waals surface area contributed by atoms with E-state index >= 15 is 0 Å². The Morgan fingerprint density at radius 2 is 2.19 bits per heavy atom. The molecule has 110 valence electrons. The van der Waals surface area contributed by atoms with Crippen LogP contribution in [0.5, 0.6) is 5.75 Å². The van der Waals surface area contributed by atoms with Gasteiger partial charge in [0.05, 0.1) is 25.7 Å². The number of nitro groups is 1. The second-order valence-electron chi connectivity index (χ2n) is 4.02. The van der Waals surface area contributed by atoms with E-state index in [0.717, 1.165) is 0 Å². The van der Waals surface area contributed by atoms with Gasteiger partial charge in [0.15, 0.2) is 5.75 Å². The number of hydrogen-bond acceptors (Lipinski definition) is 7. The second kappa shape index (κ2) is 5.99. The number of aromatic nitrogens is 3. The Bertz CT molecular complexity index is 682. The van der Waals surface area contributed by atoms with Crippen LogP contribution in [0.2, 0.25) is 0 Å². The first-order valence-corrected chi connectivity index (χ1v) is 5.84. The summed E-state index contributed by atoms with van der Waals surface area (Å²) in [5.74, 6) is -0.535. The third kappa shape index (κ3) is 3.14. The molecular weight excluding hydrogens is 280 g/mol. The molecule has 0 bridgehead atoms. The van der Waals surface area contributed by atoms with Gasteiger partial charge in [-0.3, -0.25) is 10.1 Å². The van der Waals surface area contributed by atoms with E-state index in [-0.39, 0.29) is 23.8 Å². The lowest BCUT2D eigenvalue weighted by molar-refractivity contribution is -0.385. The lowest BCUT2D eigenvalue weighted by atomic mass is 10.2. The van der Waals surface area contributed by atoms with Gasteiger partial charge in [-0.2, -0.15) is 0 Å². The van der Waals surface area contributed by atoms with E-state index in [0.29, 0.717) is 5.56 Å². The summed E-state index contributed by atoms with van der Waals surface area (Å²) in [5.41, 5.74) is 0.493. The number of esters is 1. The Hall–Kier alpha value is -2.97. The molecular formula is C12H12N4O5. The van der Waals surface area contributed by atoms with E-state index in [1.165, 1.54) is 37.4 Å². The summed E-state index contributed by atoms with van der Waals surface area (Å²) < 4.78 is 10.8. The largest absolute Gasteiger partial charge is 0.490 e. The summed E-state index contributed by atoms with van der Waals surface area (Å²) in [6.07, 6.45) is 1.35. The quantitative estimate of drug-likeness (QED) is 0.460. The van der Waals surface area contributed by atoms with Crippen LogP contribution in [0.25, 0.3) is 0 Å². The van der Waals surface area contributed by atoms with Gasteiger partial charge < -0.3 is 9.47 Å². The van der Waals surface area contributed by atoms with Crippen LogP contribution in [0.3, 0.4) is 0 Å². The number of nitro benzene ring substituents is 1. The van der Waals surface area contributed by atoms with E-state index < -0.39 is 10.9 Å². The highest BCUT2D eigenvalue weighted by molar-refractivity contribution is 5.84. The number of hydrogen-bond donors (Lipinski definition) is 0. The maximum atomic E-state index is 11.2. The molecule has 1 aromatic carbocycles. The van der Waals surface area contributed by atoms with Crippen molar-refractivity contribution >= 4 is 11.7 Å². The van der Waals surface area contributed by atoms with Gasteiger partial charge in [-0.1, -0.05) is 6.07 Å². The highest BCUT2D eigenvalue weighted by atomic mass is 16.6. The Labute approximate surface area is 119 Å². The normalized spacial score (nSPS) is 10.2. The summed E-state index contributed by atoms with van der Waals surface area (Å²) in [7, 11) is 2.60. The summed E-state index contributed by atoms with van der Waals surface area (Å²) in [6.45, 7) is 0.231. The molecule has 0 fully saturated rings. The molecule has 1 heterocycles. The lowest BCUT2D eigenvalue weighted by Crippen LogP contribution is -2.06. The van der Waals surface area contributed by atoms with Gasteiger partial charge in [0.25, 0.3) is 5.82 Å². The molecule has 0 saturated carbocycles. The van der Waals surface area contributed by atoms with Crippen LogP contribution in [-0.2, 0) is 11.3 Å². The molecule has 0 aliphatic rings. The highest BCUT2D eigenvalue weighted by Gasteiger charge is 2.16. The fourth-order valence-electron chi connectivity index (χ4n) is 1.72. The van der Waals surface area contributed by atoms with E-state index in [1.54, 1.807) is 6.07 Å². The summed E-state index contributed by atoms with van der Waals surface area (Å²) in [5, 5.41) is 14.9. The average molecular weight is 292 g/mol. The van der Waals surface area contributed by atoms with Gasteiger partial charge in [-0.15, -0.1) is 5.10 Å². The van der Waals surface area contributed by atoms with Gasteiger partial charge in [-0.25, -0.2) is 14.5 Å². The van der Waals surface area contributed by atoms with Crippen LogP contribution >= 0.6 is 0 Å². The molecule has 0 N–H and O–H groups in total. The predicted molar refractivity (Wildman–Crippen MR) is 70.1 cm³/mol. The standard InChI is InChI=1S/C12H12N4O5/c1-20-10-4-3-8(5-9(10)16(18)19)6-15-7-13-11(14-15)12(17)21-2/h3-5,7H,6H2,1-2H3. The molecule has 2 rings (SSSR count). The van der Waals surface area contributed by atoms with Crippen molar-refractivity contribution in [3.05, 3.63) is 46.0 Å². The fourth-order valence-corrected chi connectivity index (χ4v) is 1.72. The van der Waals surface area contributed by atoms with Crippen LogP contribution in [0.15, 0.2) is 24.5 Å². The summed E-state index contributed by atoms with van der Waals surface area (Å²) in [4.78, 5) is 25.5. The zero-order chi connectivity index (χ0) is 15.4. The molecule has 0 aliphatic carbocycles. The zero-order valence-corrected chi connectivity index (χ0v) is 11.3. The van der Waals surface area contributed by atoms with Gasteiger partial charge in [0, 0.05) is 6.07 Å². The average Bonchev–Trinajstić information content (AvgIpc) is 2.94. The van der Waals surface area contributed by atoms with Crippen molar-refractivity contribution in [2.75, 3.05) is 14.2 Å². The number of carbonyl (C=O) groups is 1. The third-order valence-corrected chi connectivity index (χ3v) is 2.69. The van der Waals surface area contributed by atoms with Crippen molar-refractivity contribution in [3.63, 3.8) is 0 Å². The Balaban J connectivity index is 2.23. The maximum Gasteiger partial charge on any atom is 0.377 e. The van der Waals surface area contributed by atoms with E-state index in [9.17, 15) is 14.9 Å². The number of rotatable bonds is 5. The third-order valence-electron chi connectivity index (χ3n) is 2.69. The zero-order valence-electron chi connectivity index (χ0n) is 11.3. The monoisotopic (exact) mass is 292 g/mol. The first kappa shape index (κ1) is 14.4. The van der Waals surface area contributed by atoms with Crippen LogP contribution in [0.1, 0.15) is 16.2 Å². The van der Waals surface area contributed by atoms with Crippen molar-refractivity contribution in [1.29, 1.82) is 0 Å². The predicted octanol–water partition coefficient (Wildman–Crippen LogP) is 1.03. The van der Waals surface area contributed by atoms with Crippen molar-refractivity contribution in [2.45, 2.75) is 6.54 Å². The van der Waals surface area contributed by atoms with E-state index in [2.05, 4.69) is 14.8 Å². The summed E-state index contributed by atoms with van der Waals surface area (Å²) >= 11 is 0. The van der Waals surface area contributed by atoms with Crippen molar-refractivity contribution < 1.29 is 19.2 Å². The van der Waals surface area contributed by atoms with Gasteiger partial charge in [-0.05, 0) is 11.6 Å². The van der Waals surface area contributed by atoms with Crippen LogP contribution < -0.4 is 4.74 Å². The Kier molecular flexibility index (Phi) is 4.12. The second-order valence-corrected chi connectivity index (χ2v) is 4.02. The minimum Gasteiger partial charge on any atom is -0.490 e. The van der Waals surface area contributed by atoms with Crippen molar-refractivity contribution in [2.24, 2.45) is 0 Å². The molecule has 2 aromatic rings.